The summed E-state index contributed by atoms with van der Waals surface area (Å²) in [4.78, 5) is 16.0. The van der Waals surface area contributed by atoms with E-state index in [0.717, 1.165) is 49.1 Å². The van der Waals surface area contributed by atoms with Crippen LogP contribution in [0.5, 0.6) is 0 Å². The van der Waals surface area contributed by atoms with Crippen molar-refractivity contribution in [1.29, 1.82) is 0 Å². The molecule has 0 aromatic heterocycles. The Morgan fingerprint density at radius 3 is 2.19 bits per heavy atom. The highest BCUT2D eigenvalue weighted by Crippen LogP contribution is 2.18. The molecular formula is C21H25N3OS. The molecule has 136 valence electrons. The van der Waals surface area contributed by atoms with Gasteiger partial charge in [0.05, 0.1) is 0 Å². The number of carbonyl (C=O) groups excluding carboxylic acids is 1. The second-order valence-corrected chi connectivity index (χ2v) is 7.11. The van der Waals surface area contributed by atoms with Gasteiger partial charge in [0, 0.05) is 44.0 Å². The van der Waals surface area contributed by atoms with Crippen LogP contribution in [0.4, 0.5) is 5.69 Å². The summed E-state index contributed by atoms with van der Waals surface area (Å²) in [5.74, 6) is 0.103. The maximum Gasteiger partial charge on any atom is 0.169 e. The van der Waals surface area contributed by atoms with Gasteiger partial charge in [-0.3, -0.25) is 4.79 Å². The fourth-order valence-corrected chi connectivity index (χ4v) is 3.32. The first-order valence-corrected chi connectivity index (χ1v) is 9.38. The van der Waals surface area contributed by atoms with Crippen molar-refractivity contribution in [2.75, 3.05) is 31.1 Å². The summed E-state index contributed by atoms with van der Waals surface area (Å²) in [5, 5.41) is 4.18. The number of thiocarbonyl (C=S) groups is 1. The van der Waals surface area contributed by atoms with Crippen molar-refractivity contribution < 1.29 is 4.79 Å². The quantitative estimate of drug-likeness (QED) is 0.662. The summed E-state index contributed by atoms with van der Waals surface area (Å²) < 4.78 is 0. The molecule has 0 radical (unpaired) electrons. The normalized spacial score (nSPS) is 14.2. The molecule has 0 saturated carbocycles. The van der Waals surface area contributed by atoms with Gasteiger partial charge in [-0.1, -0.05) is 29.8 Å². The number of benzene rings is 2. The number of hydrogen-bond donors (Lipinski definition) is 1. The second kappa shape index (κ2) is 8.32. The number of rotatable bonds is 4. The highest BCUT2D eigenvalue weighted by molar-refractivity contribution is 7.80. The molecule has 0 spiro atoms. The Bertz CT molecular complexity index is 763. The Morgan fingerprint density at radius 1 is 1.00 bits per heavy atom. The van der Waals surface area contributed by atoms with Crippen LogP contribution in [0, 0.1) is 6.92 Å². The zero-order valence-electron chi connectivity index (χ0n) is 15.4. The lowest BCUT2D eigenvalue weighted by Gasteiger charge is -2.37. The standard InChI is InChI=1S/C21H25N3OS/c1-16-3-5-18(6-4-16)15-22-21(26)24-13-11-23(12-14-24)20-9-7-19(8-10-20)17(2)25/h3-10H,11-15H2,1-2H3,(H,22,26). The topological polar surface area (TPSA) is 35.6 Å². The predicted molar refractivity (Wildman–Crippen MR) is 111 cm³/mol. The number of Topliss-reactive ketones (excluding diaryl/α,β-unsaturated/α-hetero) is 1. The summed E-state index contributed by atoms with van der Waals surface area (Å²) in [7, 11) is 0. The third kappa shape index (κ3) is 4.61. The van der Waals surface area contributed by atoms with Crippen LogP contribution in [0.15, 0.2) is 48.5 Å². The average molecular weight is 368 g/mol. The van der Waals surface area contributed by atoms with E-state index in [2.05, 4.69) is 46.3 Å². The first kappa shape index (κ1) is 18.4. The Labute approximate surface area is 160 Å². The van der Waals surface area contributed by atoms with E-state index >= 15 is 0 Å². The largest absolute Gasteiger partial charge is 0.368 e. The highest BCUT2D eigenvalue weighted by Gasteiger charge is 2.19. The lowest BCUT2D eigenvalue weighted by atomic mass is 10.1. The van der Waals surface area contributed by atoms with Gasteiger partial charge in [-0.25, -0.2) is 0 Å². The monoisotopic (exact) mass is 367 g/mol. The number of anilines is 1. The van der Waals surface area contributed by atoms with Gasteiger partial charge in [-0.05, 0) is 55.9 Å². The minimum Gasteiger partial charge on any atom is -0.368 e. The van der Waals surface area contributed by atoms with Gasteiger partial charge in [-0.2, -0.15) is 0 Å². The molecule has 0 amide bonds. The Kier molecular flexibility index (Phi) is 5.89. The van der Waals surface area contributed by atoms with Crippen LogP contribution in [0.25, 0.3) is 0 Å². The van der Waals surface area contributed by atoms with Gasteiger partial charge >= 0.3 is 0 Å². The van der Waals surface area contributed by atoms with Gasteiger partial charge < -0.3 is 15.1 Å². The molecule has 3 rings (SSSR count). The van der Waals surface area contributed by atoms with Crippen molar-refractivity contribution in [3.05, 3.63) is 65.2 Å². The zero-order valence-corrected chi connectivity index (χ0v) is 16.2. The van der Waals surface area contributed by atoms with Gasteiger partial charge in [0.1, 0.15) is 0 Å². The van der Waals surface area contributed by atoms with Crippen LogP contribution < -0.4 is 10.2 Å². The minimum atomic E-state index is 0.103. The highest BCUT2D eigenvalue weighted by atomic mass is 32.1. The molecule has 1 fully saturated rings. The molecule has 0 bridgehead atoms. The van der Waals surface area contributed by atoms with Crippen molar-refractivity contribution in [3.8, 4) is 0 Å². The summed E-state index contributed by atoms with van der Waals surface area (Å²) in [6, 6.07) is 16.4. The fourth-order valence-electron chi connectivity index (χ4n) is 3.07. The van der Waals surface area contributed by atoms with Crippen molar-refractivity contribution in [1.82, 2.24) is 10.2 Å². The van der Waals surface area contributed by atoms with Gasteiger partial charge in [0.2, 0.25) is 0 Å². The van der Waals surface area contributed by atoms with Crippen molar-refractivity contribution >= 4 is 28.8 Å². The van der Waals surface area contributed by atoms with Gasteiger partial charge in [0.15, 0.2) is 10.9 Å². The zero-order chi connectivity index (χ0) is 18.5. The number of aryl methyl sites for hydroxylation is 1. The Balaban J connectivity index is 1.48. The summed E-state index contributed by atoms with van der Waals surface area (Å²) in [6.45, 7) is 8.08. The molecule has 1 aliphatic heterocycles. The minimum absolute atomic E-state index is 0.103. The molecule has 1 N–H and O–H groups in total. The maximum atomic E-state index is 11.4. The third-order valence-corrected chi connectivity index (χ3v) is 5.17. The summed E-state index contributed by atoms with van der Waals surface area (Å²) >= 11 is 5.56. The smallest absolute Gasteiger partial charge is 0.169 e. The van der Waals surface area contributed by atoms with Crippen LogP contribution in [-0.4, -0.2) is 42.0 Å². The summed E-state index contributed by atoms with van der Waals surface area (Å²) in [5.41, 5.74) is 4.42. The van der Waals surface area contributed by atoms with Gasteiger partial charge in [0.25, 0.3) is 0 Å². The number of ketones is 1. The number of carbonyl (C=O) groups is 1. The van der Waals surface area contributed by atoms with Crippen LogP contribution >= 0.6 is 12.2 Å². The van der Waals surface area contributed by atoms with E-state index in [1.165, 1.54) is 11.1 Å². The SMILES string of the molecule is CC(=O)c1ccc(N2CCN(C(=S)NCc3ccc(C)cc3)CC2)cc1. The molecule has 1 saturated heterocycles. The number of piperazine rings is 1. The van der Waals surface area contributed by atoms with E-state index < -0.39 is 0 Å². The molecule has 0 aliphatic carbocycles. The Hall–Kier alpha value is -2.40. The molecule has 0 unspecified atom stereocenters. The molecule has 4 nitrogen and oxygen atoms in total. The second-order valence-electron chi connectivity index (χ2n) is 6.72. The van der Waals surface area contributed by atoms with Crippen LogP contribution in [0.1, 0.15) is 28.4 Å². The molecule has 1 aliphatic rings. The van der Waals surface area contributed by atoms with Gasteiger partial charge in [-0.15, -0.1) is 0 Å². The molecule has 2 aromatic carbocycles. The first-order chi connectivity index (χ1) is 12.5. The van der Waals surface area contributed by atoms with Crippen molar-refractivity contribution in [3.63, 3.8) is 0 Å². The molecule has 5 heteroatoms. The number of hydrogen-bond acceptors (Lipinski definition) is 3. The van der Waals surface area contributed by atoms with E-state index in [1.54, 1.807) is 6.92 Å². The first-order valence-electron chi connectivity index (χ1n) is 8.97. The predicted octanol–water partition coefficient (Wildman–Crippen LogP) is 3.39. The van der Waals surface area contributed by atoms with Crippen LogP contribution in [-0.2, 0) is 6.54 Å². The number of nitrogens with one attached hydrogen (secondary N) is 1. The Morgan fingerprint density at radius 2 is 1.62 bits per heavy atom. The van der Waals surface area contributed by atoms with E-state index in [1.807, 2.05) is 24.3 Å². The lowest BCUT2D eigenvalue weighted by molar-refractivity contribution is 0.101. The fraction of sp³-hybridized carbons (Fsp3) is 0.333. The van der Waals surface area contributed by atoms with Crippen molar-refractivity contribution in [2.24, 2.45) is 0 Å². The van der Waals surface area contributed by atoms with Crippen LogP contribution in [0.3, 0.4) is 0 Å². The van der Waals surface area contributed by atoms with E-state index in [4.69, 9.17) is 12.2 Å². The molecular weight excluding hydrogens is 342 g/mol. The van der Waals surface area contributed by atoms with E-state index in [-0.39, 0.29) is 5.78 Å². The summed E-state index contributed by atoms with van der Waals surface area (Å²) in [6.07, 6.45) is 0. The van der Waals surface area contributed by atoms with Crippen molar-refractivity contribution in [2.45, 2.75) is 20.4 Å². The molecule has 26 heavy (non-hydrogen) atoms. The lowest BCUT2D eigenvalue weighted by Crippen LogP contribution is -2.51. The average Bonchev–Trinajstić information content (AvgIpc) is 2.67. The number of nitrogens with zero attached hydrogens (tertiary/aromatic N) is 2. The van der Waals surface area contributed by atoms with E-state index in [9.17, 15) is 4.79 Å². The van der Waals surface area contributed by atoms with Crippen LogP contribution in [0.2, 0.25) is 0 Å². The molecule has 2 aromatic rings. The third-order valence-electron chi connectivity index (χ3n) is 4.77. The maximum absolute atomic E-state index is 11.4. The van der Waals surface area contributed by atoms with E-state index in [0.29, 0.717) is 0 Å². The molecule has 1 heterocycles. The molecule has 0 atom stereocenters.